The summed E-state index contributed by atoms with van der Waals surface area (Å²) in [7, 11) is 0. The van der Waals surface area contributed by atoms with Gasteiger partial charge in [-0.05, 0) is 32.9 Å². The Morgan fingerprint density at radius 2 is 1.88 bits per heavy atom. The molecule has 0 radical (unpaired) electrons. The highest BCUT2D eigenvalue weighted by atomic mass is 16.5. The van der Waals surface area contributed by atoms with Crippen molar-refractivity contribution in [3.05, 3.63) is 23.8 Å². The van der Waals surface area contributed by atoms with Crippen LogP contribution in [0.2, 0.25) is 0 Å². The van der Waals surface area contributed by atoms with Gasteiger partial charge < -0.3 is 9.64 Å². The van der Waals surface area contributed by atoms with Crippen molar-refractivity contribution in [3.63, 3.8) is 0 Å². The van der Waals surface area contributed by atoms with E-state index in [-0.39, 0.29) is 0 Å². The molecule has 0 spiro atoms. The summed E-state index contributed by atoms with van der Waals surface area (Å²) >= 11 is 0. The van der Waals surface area contributed by atoms with Crippen LogP contribution < -0.4 is 9.64 Å². The van der Waals surface area contributed by atoms with E-state index in [4.69, 9.17) is 4.74 Å². The van der Waals surface area contributed by atoms with Crippen molar-refractivity contribution in [3.8, 4) is 5.75 Å². The maximum Gasteiger partial charge on any atom is 0.125 e. The Hall–Kier alpha value is -1.18. The lowest BCUT2D eigenvalue weighted by molar-refractivity contribution is 0.232. The van der Waals surface area contributed by atoms with Gasteiger partial charge in [0.25, 0.3) is 0 Å². The van der Waals surface area contributed by atoms with Crippen molar-refractivity contribution in [2.24, 2.45) is 0 Å². The second-order valence-electron chi connectivity index (χ2n) is 4.47. The Labute approximate surface area is 98.2 Å². The van der Waals surface area contributed by atoms with E-state index in [0.717, 1.165) is 18.8 Å². The van der Waals surface area contributed by atoms with Gasteiger partial charge in [-0.1, -0.05) is 13.0 Å². The highest BCUT2D eigenvalue weighted by Crippen LogP contribution is 2.43. The maximum absolute atomic E-state index is 5.87. The van der Waals surface area contributed by atoms with Crippen LogP contribution in [0.5, 0.6) is 5.75 Å². The molecule has 0 aliphatic carbocycles. The van der Waals surface area contributed by atoms with Gasteiger partial charge in [0.1, 0.15) is 11.9 Å². The van der Waals surface area contributed by atoms with Crippen LogP contribution in [0, 0.1) is 0 Å². The molecule has 1 heterocycles. The molecule has 1 aliphatic heterocycles. The number of nitrogens with zero attached hydrogens (tertiary/aromatic N) is 1. The number of ether oxygens (including phenoxy) is 1. The predicted molar refractivity (Wildman–Crippen MR) is 68.5 cm³/mol. The molecule has 1 aromatic carbocycles. The molecule has 16 heavy (non-hydrogen) atoms. The van der Waals surface area contributed by atoms with Gasteiger partial charge in [0, 0.05) is 30.3 Å². The molecule has 2 nitrogen and oxygen atoms in total. The molecule has 2 atom stereocenters. The molecule has 1 aliphatic rings. The zero-order valence-electron chi connectivity index (χ0n) is 10.7. The van der Waals surface area contributed by atoms with Gasteiger partial charge in [0.2, 0.25) is 0 Å². The second kappa shape index (κ2) is 4.36. The molecule has 2 rings (SSSR count). The molecule has 0 bridgehead atoms. The van der Waals surface area contributed by atoms with E-state index in [1.54, 1.807) is 0 Å². The van der Waals surface area contributed by atoms with Crippen molar-refractivity contribution in [1.29, 1.82) is 0 Å². The lowest BCUT2D eigenvalue weighted by Gasteiger charge is -2.24. The fourth-order valence-corrected chi connectivity index (χ4v) is 2.47. The van der Waals surface area contributed by atoms with Crippen molar-refractivity contribution in [2.75, 3.05) is 18.0 Å². The first kappa shape index (κ1) is 11.3. The monoisotopic (exact) mass is 219 g/mol. The quantitative estimate of drug-likeness (QED) is 0.772. The minimum Gasteiger partial charge on any atom is -0.490 e. The average molecular weight is 219 g/mol. The van der Waals surface area contributed by atoms with Crippen LogP contribution in [0.1, 0.15) is 39.2 Å². The van der Waals surface area contributed by atoms with Crippen LogP contribution >= 0.6 is 0 Å². The lowest BCUT2D eigenvalue weighted by atomic mass is 9.96. The van der Waals surface area contributed by atoms with Gasteiger partial charge in [0.15, 0.2) is 0 Å². The third-order valence-electron chi connectivity index (χ3n) is 3.62. The highest BCUT2D eigenvalue weighted by molar-refractivity contribution is 5.62. The van der Waals surface area contributed by atoms with E-state index in [0.29, 0.717) is 12.0 Å². The summed E-state index contributed by atoms with van der Waals surface area (Å²) < 4.78 is 5.87. The zero-order valence-corrected chi connectivity index (χ0v) is 10.7. The zero-order chi connectivity index (χ0) is 11.7. The summed E-state index contributed by atoms with van der Waals surface area (Å²) in [5.74, 6) is 1.57. The topological polar surface area (TPSA) is 12.5 Å². The van der Waals surface area contributed by atoms with Gasteiger partial charge in [-0.3, -0.25) is 0 Å². The van der Waals surface area contributed by atoms with Crippen LogP contribution in [-0.4, -0.2) is 19.2 Å². The minimum absolute atomic E-state index is 0.298. The highest BCUT2D eigenvalue weighted by Gasteiger charge is 2.30. The molecule has 0 saturated heterocycles. The van der Waals surface area contributed by atoms with E-state index in [2.05, 4.69) is 50.8 Å². The van der Waals surface area contributed by atoms with Crippen LogP contribution in [0.25, 0.3) is 0 Å². The summed E-state index contributed by atoms with van der Waals surface area (Å²) in [6, 6.07) is 6.39. The molecule has 88 valence electrons. The van der Waals surface area contributed by atoms with E-state index >= 15 is 0 Å². The van der Waals surface area contributed by atoms with Crippen LogP contribution in [0.3, 0.4) is 0 Å². The fourth-order valence-electron chi connectivity index (χ4n) is 2.47. The van der Waals surface area contributed by atoms with Crippen molar-refractivity contribution in [1.82, 2.24) is 0 Å². The minimum atomic E-state index is 0.298. The largest absolute Gasteiger partial charge is 0.490 e. The van der Waals surface area contributed by atoms with Gasteiger partial charge in [-0.15, -0.1) is 0 Å². The SMILES string of the molecule is CCN(CC)c1cccc2c1[C@H](C)[C@H](C)O2. The average Bonchev–Trinajstić information content (AvgIpc) is 2.57. The predicted octanol–water partition coefficient (Wildman–Crippen LogP) is 3.42. The first-order chi connectivity index (χ1) is 7.69. The molecule has 0 unspecified atom stereocenters. The lowest BCUT2D eigenvalue weighted by Crippen LogP contribution is -2.23. The molecule has 1 aromatic rings. The Morgan fingerprint density at radius 3 is 2.50 bits per heavy atom. The number of hydrogen-bond acceptors (Lipinski definition) is 2. The normalized spacial score (nSPS) is 22.8. The molecule has 2 heteroatoms. The molecule has 0 fully saturated rings. The summed E-state index contributed by atoms with van der Waals surface area (Å²) in [5.41, 5.74) is 2.73. The molecule has 0 amide bonds. The number of anilines is 1. The number of hydrogen-bond donors (Lipinski definition) is 0. The first-order valence-corrected chi connectivity index (χ1v) is 6.23. The molecule has 0 N–H and O–H groups in total. The Bertz CT molecular complexity index is 371. The Kier molecular flexibility index (Phi) is 3.08. The number of benzene rings is 1. The Balaban J connectivity index is 2.45. The van der Waals surface area contributed by atoms with Crippen LogP contribution in [0.15, 0.2) is 18.2 Å². The second-order valence-corrected chi connectivity index (χ2v) is 4.47. The fraction of sp³-hybridized carbons (Fsp3) is 0.571. The third-order valence-corrected chi connectivity index (χ3v) is 3.62. The smallest absolute Gasteiger partial charge is 0.125 e. The summed E-state index contributed by atoms with van der Waals surface area (Å²) in [6.45, 7) is 10.9. The maximum atomic E-state index is 5.87. The molecular formula is C14H21NO. The van der Waals surface area contributed by atoms with Crippen molar-refractivity contribution in [2.45, 2.75) is 39.7 Å². The molecule has 0 aromatic heterocycles. The summed E-state index contributed by atoms with van der Waals surface area (Å²) in [5, 5.41) is 0. The standard InChI is InChI=1S/C14H21NO/c1-5-15(6-2)12-8-7-9-13-14(12)10(3)11(4)16-13/h7-11H,5-6H2,1-4H3/t10-,11+/m1/s1. The third kappa shape index (κ3) is 1.66. The molecular weight excluding hydrogens is 198 g/mol. The van der Waals surface area contributed by atoms with Crippen molar-refractivity contribution >= 4 is 5.69 Å². The van der Waals surface area contributed by atoms with E-state index < -0.39 is 0 Å². The summed E-state index contributed by atoms with van der Waals surface area (Å²) in [6.07, 6.45) is 0.298. The van der Waals surface area contributed by atoms with E-state index in [1.807, 2.05) is 0 Å². The van der Waals surface area contributed by atoms with Gasteiger partial charge in [0.05, 0.1) is 0 Å². The van der Waals surface area contributed by atoms with Crippen LogP contribution in [0.4, 0.5) is 5.69 Å². The van der Waals surface area contributed by atoms with Crippen molar-refractivity contribution < 1.29 is 4.74 Å². The first-order valence-electron chi connectivity index (χ1n) is 6.23. The van der Waals surface area contributed by atoms with E-state index in [9.17, 15) is 0 Å². The van der Waals surface area contributed by atoms with Crippen LogP contribution in [-0.2, 0) is 0 Å². The summed E-state index contributed by atoms with van der Waals surface area (Å²) in [4.78, 5) is 2.40. The number of fused-ring (bicyclic) bond motifs is 1. The molecule has 0 saturated carbocycles. The van der Waals surface area contributed by atoms with Gasteiger partial charge in [-0.2, -0.15) is 0 Å². The Morgan fingerprint density at radius 1 is 1.19 bits per heavy atom. The van der Waals surface area contributed by atoms with E-state index in [1.165, 1.54) is 11.3 Å². The number of rotatable bonds is 3. The van der Waals surface area contributed by atoms with Gasteiger partial charge >= 0.3 is 0 Å². The van der Waals surface area contributed by atoms with Gasteiger partial charge in [-0.25, -0.2) is 0 Å².